The van der Waals surface area contributed by atoms with Gasteiger partial charge in [0, 0.05) is 38.3 Å². The number of anilines is 1. The lowest BCUT2D eigenvalue weighted by molar-refractivity contribution is 0.0995. The Morgan fingerprint density at radius 1 is 1.15 bits per heavy atom. The maximum Gasteiger partial charge on any atom is 0.279 e. The lowest BCUT2D eigenvalue weighted by Gasteiger charge is -2.16. The van der Waals surface area contributed by atoms with Gasteiger partial charge in [-0.3, -0.25) is 19.6 Å². The van der Waals surface area contributed by atoms with Gasteiger partial charge in [0.1, 0.15) is 17.0 Å². The maximum atomic E-state index is 13.1. The number of fused-ring (bicyclic) bond motifs is 1. The largest absolute Gasteiger partial charge is 0.491 e. The van der Waals surface area contributed by atoms with Gasteiger partial charge < -0.3 is 15.0 Å². The molecule has 13 nitrogen and oxygen atoms in total. The van der Waals surface area contributed by atoms with Crippen LogP contribution in [0.4, 0.5) is 5.95 Å². The molecule has 0 aliphatic carbocycles. The van der Waals surface area contributed by atoms with Crippen molar-refractivity contribution in [2.24, 2.45) is 5.73 Å². The minimum absolute atomic E-state index is 0.188. The summed E-state index contributed by atoms with van der Waals surface area (Å²) in [6.07, 6.45) is 2.88. The van der Waals surface area contributed by atoms with Gasteiger partial charge in [0.15, 0.2) is 0 Å². The van der Waals surface area contributed by atoms with E-state index in [9.17, 15) is 18.0 Å². The number of hydrogen-bond acceptors (Lipinski definition) is 7. The first kappa shape index (κ1) is 28.5. The summed E-state index contributed by atoms with van der Waals surface area (Å²) in [5.74, 6) is -0.311. The van der Waals surface area contributed by atoms with Crippen LogP contribution in [0.3, 0.4) is 0 Å². The standard InChI is InChI=1S/C25H36N8O5S/c1-4-10-32-22-19(28-25(32)29-24(35)20-14-17(3)30-33(20)5-2)15-18(23(26)34)16-21(22)38-13-8-9-27-39(36,37)31-11-6-7-12-31/h14-16,27H,4-13H2,1-3H3,(H2,26,34)(H,28,29,35). The van der Waals surface area contributed by atoms with Crippen molar-refractivity contribution in [3.63, 3.8) is 0 Å². The van der Waals surface area contributed by atoms with Crippen molar-refractivity contribution in [2.45, 2.75) is 59.5 Å². The van der Waals surface area contributed by atoms with Crippen LogP contribution in [0, 0.1) is 6.92 Å². The number of aromatic nitrogens is 4. The average molecular weight is 561 g/mol. The Morgan fingerprint density at radius 3 is 2.56 bits per heavy atom. The molecule has 39 heavy (non-hydrogen) atoms. The van der Waals surface area contributed by atoms with Crippen molar-refractivity contribution in [1.29, 1.82) is 0 Å². The van der Waals surface area contributed by atoms with Crippen molar-refractivity contribution >= 4 is 39.0 Å². The second-order valence-corrected chi connectivity index (χ2v) is 11.2. The lowest BCUT2D eigenvalue weighted by atomic mass is 10.1. The van der Waals surface area contributed by atoms with Crippen molar-refractivity contribution in [3.05, 3.63) is 35.2 Å². The molecule has 0 radical (unpaired) electrons. The van der Waals surface area contributed by atoms with E-state index in [1.54, 1.807) is 22.9 Å². The molecule has 1 aliphatic heterocycles. The summed E-state index contributed by atoms with van der Waals surface area (Å²) in [5, 5.41) is 7.22. The van der Waals surface area contributed by atoms with E-state index in [1.807, 2.05) is 25.3 Å². The molecule has 0 unspecified atom stereocenters. The molecule has 1 saturated heterocycles. The number of nitrogens with zero attached hydrogens (tertiary/aromatic N) is 5. The molecule has 3 heterocycles. The number of carbonyl (C=O) groups is 2. The third-order valence-corrected chi connectivity index (χ3v) is 8.08. The highest BCUT2D eigenvalue weighted by molar-refractivity contribution is 7.87. The molecule has 3 aromatic rings. The zero-order chi connectivity index (χ0) is 28.2. The average Bonchev–Trinajstić information content (AvgIpc) is 3.63. The molecule has 0 saturated carbocycles. The quantitative estimate of drug-likeness (QED) is 0.269. The highest BCUT2D eigenvalue weighted by Gasteiger charge is 2.25. The number of benzene rings is 1. The minimum atomic E-state index is -3.50. The SMILES string of the molecule is CCCn1c(NC(=O)c2cc(C)nn2CC)nc2cc(C(N)=O)cc(OCCCNS(=O)(=O)N3CCCC3)c21. The normalized spacial score (nSPS) is 14.2. The Kier molecular flexibility index (Phi) is 8.87. The smallest absolute Gasteiger partial charge is 0.279 e. The fourth-order valence-electron chi connectivity index (χ4n) is 4.63. The summed E-state index contributed by atoms with van der Waals surface area (Å²) in [6.45, 7) is 8.25. The first-order chi connectivity index (χ1) is 18.6. The van der Waals surface area contributed by atoms with Crippen LogP contribution in [-0.2, 0) is 23.3 Å². The second-order valence-electron chi connectivity index (χ2n) is 9.44. The number of nitrogens with two attached hydrogens (primary N) is 1. The molecule has 1 aliphatic rings. The third kappa shape index (κ3) is 6.40. The van der Waals surface area contributed by atoms with Gasteiger partial charge in [0.05, 0.1) is 17.8 Å². The zero-order valence-corrected chi connectivity index (χ0v) is 23.4. The van der Waals surface area contributed by atoms with Gasteiger partial charge in [0.2, 0.25) is 11.9 Å². The van der Waals surface area contributed by atoms with Gasteiger partial charge in [0.25, 0.3) is 16.1 Å². The van der Waals surface area contributed by atoms with Crippen molar-refractivity contribution in [2.75, 3.05) is 31.6 Å². The summed E-state index contributed by atoms with van der Waals surface area (Å²) < 4.78 is 38.3. The Bertz CT molecular complexity index is 1460. The Labute approximate surface area is 227 Å². The van der Waals surface area contributed by atoms with E-state index in [1.165, 1.54) is 4.31 Å². The molecule has 4 N–H and O–H groups in total. The molecule has 0 bridgehead atoms. The number of carbonyl (C=O) groups excluding carboxylic acids is 2. The summed E-state index contributed by atoms with van der Waals surface area (Å²) in [7, 11) is -3.50. The fourth-order valence-corrected chi connectivity index (χ4v) is 5.95. The lowest BCUT2D eigenvalue weighted by Crippen LogP contribution is -2.39. The van der Waals surface area contributed by atoms with Gasteiger partial charge in [-0.05, 0) is 57.7 Å². The molecule has 2 amide bonds. The number of ether oxygens (including phenoxy) is 1. The van der Waals surface area contributed by atoms with Gasteiger partial charge in [-0.25, -0.2) is 9.71 Å². The van der Waals surface area contributed by atoms with E-state index in [0.717, 1.165) is 25.0 Å². The number of hydrogen-bond donors (Lipinski definition) is 3. The van der Waals surface area contributed by atoms with Gasteiger partial charge in [-0.2, -0.15) is 17.8 Å². The predicted octanol–water partition coefficient (Wildman–Crippen LogP) is 2.02. The molecule has 14 heteroatoms. The number of rotatable bonds is 13. The topological polar surface area (TPSA) is 166 Å². The Hall–Kier alpha value is -3.49. The highest BCUT2D eigenvalue weighted by Crippen LogP contribution is 2.31. The molecule has 1 fully saturated rings. The van der Waals surface area contributed by atoms with Crippen molar-refractivity contribution in [3.8, 4) is 5.75 Å². The Balaban J connectivity index is 1.56. The number of primary amides is 1. The van der Waals surface area contributed by atoms with E-state index in [4.69, 9.17) is 10.5 Å². The number of nitrogens with one attached hydrogen (secondary N) is 2. The summed E-state index contributed by atoms with van der Waals surface area (Å²) in [4.78, 5) is 29.8. The van der Waals surface area contributed by atoms with Crippen LogP contribution >= 0.6 is 0 Å². The van der Waals surface area contributed by atoms with Crippen molar-refractivity contribution < 1.29 is 22.7 Å². The first-order valence-corrected chi connectivity index (χ1v) is 14.7. The van der Waals surface area contributed by atoms with Crippen LogP contribution in [0.15, 0.2) is 18.2 Å². The molecule has 0 atom stereocenters. The van der Waals surface area contributed by atoms with Crippen molar-refractivity contribution in [1.82, 2.24) is 28.4 Å². The fraction of sp³-hybridized carbons (Fsp3) is 0.520. The summed E-state index contributed by atoms with van der Waals surface area (Å²) in [5.41, 5.74) is 7.97. The molecule has 2 aromatic heterocycles. The number of imidazole rings is 1. The summed E-state index contributed by atoms with van der Waals surface area (Å²) in [6, 6.07) is 4.83. The van der Waals surface area contributed by atoms with Gasteiger partial charge >= 0.3 is 0 Å². The van der Waals surface area contributed by atoms with Crippen LogP contribution in [0.25, 0.3) is 11.0 Å². The molecule has 212 valence electrons. The van der Waals surface area contributed by atoms with Crippen LogP contribution in [0.1, 0.15) is 66.1 Å². The molecular weight excluding hydrogens is 524 g/mol. The number of aryl methyl sites for hydroxylation is 3. The third-order valence-electron chi connectivity index (χ3n) is 6.47. The minimum Gasteiger partial charge on any atom is -0.491 e. The van der Waals surface area contributed by atoms with E-state index in [0.29, 0.717) is 61.0 Å². The van der Waals surface area contributed by atoms with Crippen LogP contribution < -0.4 is 20.5 Å². The second kappa shape index (κ2) is 12.1. The van der Waals surface area contributed by atoms with Gasteiger partial charge in [-0.15, -0.1) is 0 Å². The van der Waals surface area contributed by atoms with Crippen LogP contribution in [0.5, 0.6) is 5.75 Å². The molecular formula is C25H36N8O5S. The maximum absolute atomic E-state index is 13.1. The first-order valence-electron chi connectivity index (χ1n) is 13.2. The van der Waals surface area contributed by atoms with E-state index >= 15 is 0 Å². The Morgan fingerprint density at radius 2 is 1.90 bits per heavy atom. The molecule has 4 rings (SSSR count). The van der Waals surface area contributed by atoms with Crippen LogP contribution in [0.2, 0.25) is 0 Å². The van der Waals surface area contributed by atoms with E-state index in [2.05, 4.69) is 20.1 Å². The van der Waals surface area contributed by atoms with Gasteiger partial charge in [-0.1, -0.05) is 6.92 Å². The number of amides is 2. The molecule has 1 aromatic carbocycles. The summed E-state index contributed by atoms with van der Waals surface area (Å²) >= 11 is 0. The highest BCUT2D eigenvalue weighted by atomic mass is 32.2. The monoisotopic (exact) mass is 560 g/mol. The zero-order valence-electron chi connectivity index (χ0n) is 22.6. The van der Waals surface area contributed by atoms with E-state index in [-0.39, 0.29) is 24.6 Å². The predicted molar refractivity (Wildman–Crippen MR) is 147 cm³/mol. The molecule has 0 spiro atoms. The van der Waals surface area contributed by atoms with Crippen LogP contribution in [-0.4, -0.2) is 70.1 Å². The van der Waals surface area contributed by atoms with E-state index < -0.39 is 16.1 Å².